The summed E-state index contributed by atoms with van der Waals surface area (Å²) in [5.41, 5.74) is 0.0479. The zero-order chi connectivity index (χ0) is 15.0. The molecule has 106 valence electrons. The standard InChI is InChI=1S/C15H22O4/c1-5-10(16)9-11(12(17)6-2)15(13(18)7-3)14(19)8-4/h5-9H2,1-4H3. The van der Waals surface area contributed by atoms with E-state index in [0.29, 0.717) is 0 Å². The SMILES string of the molecule is CCC(=O)CC(C(=O)CC)=C(C(=O)CC)C(=O)CC. The minimum Gasteiger partial charge on any atom is -0.299 e. The van der Waals surface area contributed by atoms with Crippen molar-refractivity contribution in [3.8, 4) is 0 Å². The van der Waals surface area contributed by atoms with Crippen LogP contribution in [0.3, 0.4) is 0 Å². The Morgan fingerprint density at radius 1 is 0.632 bits per heavy atom. The highest BCUT2D eigenvalue weighted by atomic mass is 16.2. The highest BCUT2D eigenvalue weighted by Crippen LogP contribution is 2.18. The Bertz CT molecular complexity index is 398. The van der Waals surface area contributed by atoms with Gasteiger partial charge in [-0.05, 0) is 0 Å². The van der Waals surface area contributed by atoms with Crippen molar-refractivity contribution in [3.05, 3.63) is 11.1 Å². The van der Waals surface area contributed by atoms with Gasteiger partial charge in [0, 0.05) is 37.7 Å². The van der Waals surface area contributed by atoms with Gasteiger partial charge < -0.3 is 0 Å². The second-order valence-electron chi connectivity index (χ2n) is 4.25. The van der Waals surface area contributed by atoms with Gasteiger partial charge in [0.25, 0.3) is 0 Å². The Labute approximate surface area is 114 Å². The first kappa shape index (κ1) is 17.4. The normalized spacial score (nSPS) is 9.89. The summed E-state index contributed by atoms with van der Waals surface area (Å²) in [6.07, 6.45) is 0.665. The monoisotopic (exact) mass is 266 g/mol. The quantitative estimate of drug-likeness (QED) is 0.365. The van der Waals surface area contributed by atoms with E-state index in [0.717, 1.165) is 0 Å². The number of ketones is 4. The number of hydrogen-bond donors (Lipinski definition) is 0. The maximum absolute atomic E-state index is 11.9. The summed E-state index contributed by atoms with van der Waals surface area (Å²) < 4.78 is 0. The summed E-state index contributed by atoms with van der Waals surface area (Å²) in [7, 11) is 0. The van der Waals surface area contributed by atoms with Crippen LogP contribution in [0.15, 0.2) is 11.1 Å². The fourth-order valence-electron chi connectivity index (χ4n) is 1.71. The van der Waals surface area contributed by atoms with E-state index in [2.05, 4.69) is 0 Å². The van der Waals surface area contributed by atoms with Crippen molar-refractivity contribution in [2.45, 2.75) is 59.8 Å². The van der Waals surface area contributed by atoms with Crippen molar-refractivity contribution < 1.29 is 19.2 Å². The molecule has 0 aromatic heterocycles. The number of carbonyl (C=O) groups excluding carboxylic acids is 4. The first-order valence-corrected chi connectivity index (χ1v) is 6.77. The van der Waals surface area contributed by atoms with Crippen molar-refractivity contribution in [1.82, 2.24) is 0 Å². The highest BCUT2D eigenvalue weighted by Gasteiger charge is 2.25. The van der Waals surface area contributed by atoms with Crippen LogP contribution in [0, 0.1) is 0 Å². The van der Waals surface area contributed by atoms with E-state index in [9.17, 15) is 19.2 Å². The average Bonchev–Trinajstić information content (AvgIpc) is 2.44. The maximum Gasteiger partial charge on any atom is 0.166 e. The Morgan fingerprint density at radius 2 is 1.05 bits per heavy atom. The second-order valence-corrected chi connectivity index (χ2v) is 4.25. The summed E-state index contributed by atoms with van der Waals surface area (Å²) in [5.74, 6) is -1.14. The summed E-state index contributed by atoms with van der Waals surface area (Å²) in [4.78, 5) is 47.3. The largest absolute Gasteiger partial charge is 0.299 e. The van der Waals surface area contributed by atoms with E-state index in [1.165, 1.54) is 0 Å². The Kier molecular flexibility index (Phi) is 7.80. The van der Waals surface area contributed by atoms with Crippen LogP contribution in [0.2, 0.25) is 0 Å². The van der Waals surface area contributed by atoms with Crippen molar-refractivity contribution in [2.24, 2.45) is 0 Å². The van der Waals surface area contributed by atoms with Gasteiger partial charge in [-0.2, -0.15) is 0 Å². The lowest BCUT2D eigenvalue weighted by molar-refractivity contribution is -0.123. The van der Waals surface area contributed by atoms with Crippen LogP contribution in [0.5, 0.6) is 0 Å². The zero-order valence-electron chi connectivity index (χ0n) is 12.2. The van der Waals surface area contributed by atoms with Crippen LogP contribution in [0.4, 0.5) is 0 Å². The van der Waals surface area contributed by atoms with Crippen LogP contribution in [0.25, 0.3) is 0 Å². The molecule has 4 nitrogen and oxygen atoms in total. The lowest BCUT2D eigenvalue weighted by Crippen LogP contribution is -2.20. The molecule has 0 aliphatic rings. The molecular formula is C15H22O4. The fourth-order valence-corrected chi connectivity index (χ4v) is 1.71. The first-order valence-electron chi connectivity index (χ1n) is 6.77. The Morgan fingerprint density at radius 3 is 1.37 bits per heavy atom. The number of allylic oxidation sites excluding steroid dienone is 2. The van der Waals surface area contributed by atoms with Gasteiger partial charge in [-0.1, -0.05) is 27.7 Å². The molecule has 0 heterocycles. The van der Waals surface area contributed by atoms with Gasteiger partial charge in [0.05, 0.1) is 5.57 Å². The summed E-state index contributed by atoms with van der Waals surface area (Å²) in [6, 6.07) is 0. The molecule has 0 amide bonds. The number of hydrogen-bond acceptors (Lipinski definition) is 4. The highest BCUT2D eigenvalue weighted by molar-refractivity contribution is 6.25. The molecule has 0 radical (unpaired) electrons. The molecule has 0 spiro atoms. The molecule has 19 heavy (non-hydrogen) atoms. The molecule has 0 rings (SSSR count). The molecule has 4 heteroatoms. The molecule has 0 saturated carbocycles. The topological polar surface area (TPSA) is 68.3 Å². The first-order chi connectivity index (χ1) is 8.92. The molecule has 0 fully saturated rings. The predicted octanol–water partition coefficient (Wildman–Crippen LogP) is 2.59. The summed E-state index contributed by atoms with van der Waals surface area (Å²) >= 11 is 0. The molecule has 0 N–H and O–H groups in total. The predicted molar refractivity (Wildman–Crippen MR) is 72.8 cm³/mol. The van der Waals surface area contributed by atoms with E-state index in [4.69, 9.17) is 0 Å². The van der Waals surface area contributed by atoms with Gasteiger partial charge in [0.2, 0.25) is 0 Å². The van der Waals surface area contributed by atoms with Crippen LogP contribution >= 0.6 is 0 Å². The lowest BCUT2D eigenvalue weighted by Gasteiger charge is -2.11. The number of Topliss-reactive ketones (excluding diaryl/α,β-unsaturated/α-hetero) is 4. The molecule has 0 saturated heterocycles. The Balaban J connectivity index is 5.82. The molecule has 0 aromatic rings. The lowest BCUT2D eigenvalue weighted by atomic mass is 9.90. The number of rotatable bonds is 9. The maximum atomic E-state index is 11.9. The average molecular weight is 266 g/mol. The smallest absolute Gasteiger partial charge is 0.166 e. The summed E-state index contributed by atoms with van der Waals surface area (Å²) in [6.45, 7) is 6.63. The van der Waals surface area contributed by atoms with E-state index in [-0.39, 0.29) is 66.4 Å². The molecule has 0 bridgehead atoms. The van der Waals surface area contributed by atoms with E-state index >= 15 is 0 Å². The van der Waals surface area contributed by atoms with Gasteiger partial charge in [-0.3, -0.25) is 19.2 Å². The van der Waals surface area contributed by atoms with Gasteiger partial charge in [-0.15, -0.1) is 0 Å². The minimum absolute atomic E-state index is 0.0568. The van der Waals surface area contributed by atoms with Crippen LogP contribution in [-0.4, -0.2) is 23.1 Å². The van der Waals surface area contributed by atoms with E-state index in [1.807, 2.05) is 0 Å². The van der Waals surface area contributed by atoms with E-state index in [1.54, 1.807) is 27.7 Å². The molecular weight excluding hydrogens is 244 g/mol. The molecule has 0 atom stereocenters. The van der Waals surface area contributed by atoms with Crippen molar-refractivity contribution in [3.63, 3.8) is 0 Å². The third-order valence-electron chi connectivity index (χ3n) is 2.93. The molecule has 0 aliphatic heterocycles. The minimum atomic E-state index is -0.354. The summed E-state index contributed by atoms with van der Waals surface area (Å²) in [5, 5.41) is 0. The van der Waals surface area contributed by atoms with E-state index < -0.39 is 0 Å². The van der Waals surface area contributed by atoms with Crippen LogP contribution in [-0.2, 0) is 19.2 Å². The third kappa shape index (κ3) is 4.89. The second kappa shape index (κ2) is 8.51. The van der Waals surface area contributed by atoms with Crippen LogP contribution in [0.1, 0.15) is 59.8 Å². The van der Waals surface area contributed by atoms with Crippen molar-refractivity contribution >= 4 is 23.1 Å². The fraction of sp³-hybridized carbons (Fsp3) is 0.600. The van der Waals surface area contributed by atoms with Crippen molar-refractivity contribution in [2.75, 3.05) is 0 Å². The van der Waals surface area contributed by atoms with Crippen molar-refractivity contribution in [1.29, 1.82) is 0 Å². The third-order valence-corrected chi connectivity index (χ3v) is 2.93. The van der Waals surface area contributed by atoms with Crippen LogP contribution < -0.4 is 0 Å². The zero-order valence-corrected chi connectivity index (χ0v) is 12.2. The van der Waals surface area contributed by atoms with Gasteiger partial charge >= 0.3 is 0 Å². The molecule has 0 aliphatic carbocycles. The Hall–Kier alpha value is -1.58. The molecule has 0 unspecified atom stereocenters. The number of carbonyl (C=O) groups is 4. The van der Waals surface area contributed by atoms with Gasteiger partial charge in [0.15, 0.2) is 17.3 Å². The van der Waals surface area contributed by atoms with Gasteiger partial charge in [-0.25, -0.2) is 0 Å². The van der Waals surface area contributed by atoms with Gasteiger partial charge in [0.1, 0.15) is 5.78 Å². The molecule has 0 aromatic carbocycles.